The molecule has 0 saturated carbocycles. The minimum Gasteiger partial charge on any atom is -0.491 e. The summed E-state index contributed by atoms with van der Waals surface area (Å²) in [5, 5.41) is 0. The average molecular weight is 300 g/mol. The van der Waals surface area contributed by atoms with Gasteiger partial charge in [0.05, 0.1) is 11.8 Å². The van der Waals surface area contributed by atoms with Crippen molar-refractivity contribution in [1.29, 1.82) is 0 Å². The molecule has 6 nitrogen and oxygen atoms in total. The molecule has 1 aromatic carbocycles. The van der Waals surface area contributed by atoms with Crippen LogP contribution in [0, 0.1) is 0 Å². The maximum Gasteiger partial charge on any atom is 0.272 e. The number of anilines is 1. The maximum atomic E-state index is 12.0. The number of nitrogen functional groups attached to an aromatic ring is 1. The Morgan fingerprint density at radius 1 is 1.23 bits per heavy atom. The zero-order chi connectivity index (χ0) is 16.3. The fraction of sp³-hybridized carbons (Fsp3) is 0.312. The number of nitrogens with zero attached hydrogens (tertiary/aromatic N) is 3. The molecule has 1 amide bonds. The van der Waals surface area contributed by atoms with Gasteiger partial charge in [-0.1, -0.05) is 12.1 Å². The molecule has 22 heavy (non-hydrogen) atoms. The van der Waals surface area contributed by atoms with E-state index in [0.29, 0.717) is 5.69 Å². The van der Waals surface area contributed by atoms with Gasteiger partial charge in [-0.15, -0.1) is 0 Å². The molecular formula is C16H20N4O2. The van der Waals surface area contributed by atoms with Gasteiger partial charge in [-0.25, -0.2) is 9.97 Å². The highest BCUT2D eigenvalue weighted by atomic mass is 16.5. The SMILES string of the molecule is CC(C)Oc1cccc(-c2cc(C(=O)N(C)C)nc(N)n2)c1. The lowest BCUT2D eigenvalue weighted by molar-refractivity contribution is 0.0822. The van der Waals surface area contributed by atoms with Crippen LogP contribution in [0.2, 0.25) is 0 Å². The summed E-state index contributed by atoms with van der Waals surface area (Å²) in [5.41, 5.74) is 7.40. The summed E-state index contributed by atoms with van der Waals surface area (Å²) in [5.74, 6) is 0.591. The Hall–Kier alpha value is -2.63. The topological polar surface area (TPSA) is 81.3 Å². The fourth-order valence-electron chi connectivity index (χ4n) is 1.95. The van der Waals surface area contributed by atoms with Gasteiger partial charge in [-0.3, -0.25) is 4.79 Å². The number of nitrogens with two attached hydrogens (primary N) is 1. The zero-order valence-electron chi connectivity index (χ0n) is 13.2. The summed E-state index contributed by atoms with van der Waals surface area (Å²) in [7, 11) is 3.33. The van der Waals surface area contributed by atoms with E-state index in [-0.39, 0.29) is 23.7 Å². The van der Waals surface area contributed by atoms with Crippen molar-refractivity contribution >= 4 is 11.9 Å². The maximum absolute atomic E-state index is 12.0. The second kappa shape index (κ2) is 6.43. The third kappa shape index (κ3) is 3.72. The van der Waals surface area contributed by atoms with Crippen molar-refractivity contribution in [2.24, 2.45) is 0 Å². The number of rotatable bonds is 4. The number of hydrogen-bond acceptors (Lipinski definition) is 5. The lowest BCUT2D eigenvalue weighted by Gasteiger charge is -2.12. The molecule has 1 aromatic heterocycles. The Labute approximate surface area is 129 Å². The second-order valence-corrected chi connectivity index (χ2v) is 5.39. The van der Waals surface area contributed by atoms with Gasteiger partial charge in [0.15, 0.2) is 0 Å². The van der Waals surface area contributed by atoms with E-state index in [4.69, 9.17) is 10.5 Å². The first-order chi connectivity index (χ1) is 10.4. The van der Waals surface area contributed by atoms with Gasteiger partial charge < -0.3 is 15.4 Å². The van der Waals surface area contributed by atoms with Crippen LogP contribution < -0.4 is 10.5 Å². The first kappa shape index (κ1) is 15.8. The van der Waals surface area contributed by atoms with Gasteiger partial charge in [0.25, 0.3) is 5.91 Å². The fourth-order valence-corrected chi connectivity index (χ4v) is 1.95. The van der Waals surface area contributed by atoms with Crippen molar-refractivity contribution in [2.45, 2.75) is 20.0 Å². The minimum absolute atomic E-state index is 0.0675. The van der Waals surface area contributed by atoms with Crippen LogP contribution in [0.4, 0.5) is 5.95 Å². The van der Waals surface area contributed by atoms with E-state index in [1.807, 2.05) is 38.1 Å². The molecule has 116 valence electrons. The molecule has 0 aliphatic rings. The summed E-state index contributed by atoms with van der Waals surface area (Å²) >= 11 is 0. The quantitative estimate of drug-likeness (QED) is 0.936. The summed E-state index contributed by atoms with van der Waals surface area (Å²) in [6, 6.07) is 9.14. The van der Waals surface area contributed by atoms with E-state index in [1.165, 1.54) is 4.90 Å². The van der Waals surface area contributed by atoms with Gasteiger partial charge >= 0.3 is 0 Å². The van der Waals surface area contributed by atoms with E-state index in [9.17, 15) is 4.79 Å². The molecule has 0 aliphatic carbocycles. The number of benzene rings is 1. The van der Waals surface area contributed by atoms with Crippen molar-refractivity contribution in [3.05, 3.63) is 36.0 Å². The predicted octanol–water partition coefficient (Wildman–Crippen LogP) is 2.21. The normalized spacial score (nSPS) is 10.6. The van der Waals surface area contributed by atoms with Crippen molar-refractivity contribution in [1.82, 2.24) is 14.9 Å². The van der Waals surface area contributed by atoms with Crippen LogP contribution in [0.5, 0.6) is 5.75 Å². The van der Waals surface area contributed by atoms with Gasteiger partial charge in [0.1, 0.15) is 11.4 Å². The largest absolute Gasteiger partial charge is 0.491 e. The molecule has 2 rings (SSSR count). The number of carbonyl (C=O) groups excluding carboxylic acids is 1. The van der Waals surface area contributed by atoms with Crippen LogP contribution in [0.25, 0.3) is 11.3 Å². The van der Waals surface area contributed by atoms with E-state index >= 15 is 0 Å². The third-order valence-electron chi connectivity index (χ3n) is 2.87. The number of ether oxygens (including phenoxy) is 1. The van der Waals surface area contributed by atoms with Crippen LogP contribution in [0.3, 0.4) is 0 Å². The number of amides is 1. The highest BCUT2D eigenvalue weighted by Gasteiger charge is 2.14. The molecule has 6 heteroatoms. The van der Waals surface area contributed by atoms with Crippen LogP contribution >= 0.6 is 0 Å². The summed E-state index contributed by atoms with van der Waals surface area (Å²) in [6.07, 6.45) is 0.0802. The molecule has 0 fully saturated rings. The molecule has 2 aromatic rings. The number of hydrogen-bond donors (Lipinski definition) is 1. The Balaban J connectivity index is 2.42. The smallest absolute Gasteiger partial charge is 0.272 e. The van der Waals surface area contributed by atoms with Crippen molar-refractivity contribution in [2.75, 3.05) is 19.8 Å². The predicted molar refractivity (Wildman–Crippen MR) is 85.7 cm³/mol. The first-order valence-corrected chi connectivity index (χ1v) is 7.00. The molecule has 0 spiro atoms. The van der Waals surface area contributed by atoms with Crippen LogP contribution in [0.15, 0.2) is 30.3 Å². The zero-order valence-corrected chi connectivity index (χ0v) is 13.2. The molecule has 0 bridgehead atoms. The van der Waals surface area contributed by atoms with E-state index in [2.05, 4.69) is 9.97 Å². The molecule has 1 heterocycles. The molecule has 0 aliphatic heterocycles. The Morgan fingerprint density at radius 3 is 2.59 bits per heavy atom. The highest BCUT2D eigenvalue weighted by Crippen LogP contribution is 2.24. The van der Waals surface area contributed by atoms with E-state index in [1.54, 1.807) is 20.2 Å². The summed E-state index contributed by atoms with van der Waals surface area (Å²) in [6.45, 7) is 3.92. The van der Waals surface area contributed by atoms with Crippen LogP contribution in [-0.4, -0.2) is 41.0 Å². The Morgan fingerprint density at radius 2 is 1.95 bits per heavy atom. The lowest BCUT2D eigenvalue weighted by Crippen LogP contribution is -2.23. The molecule has 0 atom stereocenters. The molecule has 2 N–H and O–H groups in total. The molecule has 0 unspecified atom stereocenters. The van der Waals surface area contributed by atoms with Crippen LogP contribution in [0.1, 0.15) is 24.3 Å². The van der Waals surface area contributed by atoms with Crippen molar-refractivity contribution in [3.8, 4) is 17.0 Å². The molecular weight excluding hydrogens is 280 g/mol. The Bertz CT molecular complexity index is 684. The van der Waals surface area contributed by atoms with Crippen LogP contribution in [-0.2, 0) is 0 Å². The van der Waals surface area contributed by atoms with Gasteiger partial charge in [-0.2, -0.15) is 0 Å². The van der Waals surface area contributed by atoms with Crippen molar-refractivity contribution < 1.29 is 9.53 Å². The van der Waals surface area contributed by atoms with Gasteiger partial charge in [-0.05, 0) is 32.0 Å². The average Bonchev–Trinajstić information content (AvgIpc) is 2.45. The number of carbonyl (C=O) groups is 1. The van der Waals surface area contributed by atoms with Crippen molar-refractivity contribution in [3.63, 3.8) is 0 Å². The van der Waals surface area contributed by atoms with E-state index in [0.717, 1.165) is 11.3 Å². The van der Waals surface area contributed by atoms with E-state index < -0.39 is 0 Å². The van der Waals surface area contributed by atoms with Gasteiger partial charge in [0.2, 0.25) is 5.95 Å². The standard InChI is InChI=1S/C16H20N4O2/c1-10(2)22-12-7-5-6-11(8-12)13-9-14(15(21)20(3)4)19-16(17)18-13/h5-10H,1-4H3,(H2,17,18,19). The Kier molecular flexibility index (Phi) is 4.60. The highest BCUT2D eigenvalue weighted by molar-refractivity contribution is 5.93. The molecule has 0 saturated heterocycles. The number of aromatic nitrogens is 2. The van der Waals surface area contributed by atoms with Gasteiger partial charge in [0, 0.05) is 19.7 Å². The minimum atomic E-state index is -0.218. The molecule has 0 radical (unpaired) electrons. The first-order valence-electron chi connectivity index (χ1n) is 7.00. The lowest BCUT2D eigenvalue weighted by atomic mass is 10.1. The summed E-state index contributed by atoms with van der Waals surface area (Å²) in [4.78, 5) is 21.7. The monoisotopic (exact) mass is 300 g/mol. The second-order valence-electron chi connectivity index (χ2n) is 5.39. The summed E-state index contributed by atoms with van der Waals surface area (Å²) < 4.78 is 5.67. The third-order valence-corrected chi connectivity index (χ3v) is 2.87.